The number of anilines is 2. The third-order valence-electron chi connectivity index (χ3n) is 3.35. The molecule has 0 radical (unpaired) electrons. The summed E-state index contributed by atoms with van der Waals surface area (Å²) in [4.78, 5) is 13.7. The van der Waals surface area contributed by atoms with Crippen LogP contribution >= 0.6 is 0 Å². The number of ether oxygens (including phenoxy) is 1. The van der Waals surface area contributed by atoms with Gasteiger partial charge in [-0.3, -0.25) is 0 Å². The lowest BCUT2D eigenvalue weighted by atomic mass is 10.1. The number of nitrogens with zero attached hydrogens (tertiary/aromatic N) is 1. The molecule has 0 amide bonds. The molecule has 0 spiro atoms. The highest BCUT2D eigenvalue weighted by atomic mass is 16.5. The number of hydrogen-bond acceptors (Lipinski definition) is 4. The molecule has 2 N–H and O–H groups in total. The van der Waals surface area contributed by atoms with E-state index in [0.717, 1.165) is 24.7 Å². The number of carbonyl (C=O) groups excluding carboxylic acids is 1. The van der Waals surface area contributed by atoms with Gasteiger partial charge in [0.15, 0.2) is 0 Å². The first kappa shape index (κ1) is 12.7. The van der Waals surface area contributed by atoms with E-state index in [9.17, 15) is 4.79 Å². The fourth-order valence-corrected chi connectivity index (χ4v) is 2.10. The molecular formula is C14H20N2O2. The van der Waals surface area contributed by atoms with Gasteiger partial charge in [0, 0.05) is 13.1 Å². The average molecular weight is 248 g/mol. The lowest BCUT2D eigenvalue weighted by Gasteiger charge is -2.24. The Morgan fingerprint density at radius 1 is 1.50 bits per heavy atom. The highest BCUT2D eigenvalue weighted by molar-refractivity contribution is 5.91. The van der Waals surface area contributed by atoms with E-state index in [1.807, 2.05) is 6.07 Å². The van der Waals surface area contributed by atoms with Crippen molar-refractivity contribution in [2.24, 2.45) is 5.92 Å². The number of rotatable bonds is 5. The Kier molecular flexibility index (Phi) is 3.75. The van der Waals surface area contributed by atoms with Gasteiger partial charge in [-0.05, 0) is 43.9 Å². The summed E-state index contributed by atoms with van der Waals surface area (Å²) in [5.41, 5.74) is 8.19. The van der Waals surface area contributed by atoms with Gasteiger partial charge < -0.3 is 15.4 Å². The van der Waals surface area contributed by atoms with Crippen LogP contribution in [0.1, 0.15) is 30.1 Å². The van der Waals surface area contributed by atoms with Gasteiger partial charge in [-0.25, -0.2) is 4.79 Å². The monoisotopic (exact) mass is 248 g/mol. The van der Waals surface area contributed by atoms with Crippen LogP contribution in [-0.2, 0) is 4.74 Å². The fourth-order valence-electron chi connectivity index (χ4n) is 2.10. The van der Waals surface area contributed by atoms with Gasteiger partial charge in [0.05, 0.1) is 24.0 Å². The maximum Gasteiger partial charge on any atom is 0.337 e. The van der Waals surface area contributed by atoms with Crippen molar-refractivity contribution in [3.8, 4) is 0 Å². The number of esters is 1. The summed E-state index contributed by atoms with van der Waals surface area (Å²) in [6.07, 6.45) is 2.63. The van der Waals surface area contributed by atoms with Crippen LogP contribution < -0.4 is 10.6 Å². The van der Waals surface area contributed by atoms with E-state index in [2.05, 4.69) is 16.6 Å². The molecule has 1 aromatic rings. The van der Waals surface area contributed by atoms with Crippen molar-refractivity contribution in [3.63, 3.8) is 0 Å². The van der Waals surface area contributed by atoms with Gasteiger partial charge in [-0.1, -0.05) is 0 Å². The second-order valence-electron chi connectivity index (χ2n) is 4.75. The van der Waals surface area contributed by atoms with Crippen LogP contribution in [0.3, 0.4) is 0 Å². The number of hydrogen-bond donors (Lipinski definition) is 1. The predicted octanol–water partition coefficient (Wildman–Crippen LogP) is 2.29. The summed E-state index contributed by atoms with van der Waals surface area (Å²) in [5, 5.41) is 0. The molecule has 98 valence electrons. The number of benzene rings is 1. The number of methoxy groups -OCH3 is 1. The molecule has 1 aromatic carbocycles. The molecule has 1 aliphatic carbocycles. The zero-order valence-electron chi connectivity index (χ0n) is 11.0. The van der Waals surface area contributed by atoms with E-state index in [1.54, 1.807) is 12.1 Å². The highest BCUT2D eigenvalue weighted by Crippen LogP contribution is 2.33. The van der Waals surface area contributed by atoms with Crippen molar-refractivity contribution in [3.05, 3.63) is 23.8 Å². The minimum Gasteiger partial charge on any atom is -0.465 e. The van der Waals surface area contributed by atoms with Gasteiger partial charge in [-0.2, -0.15) is 0 Å². The summed E-state index contributed by atoms with van der Waals surface area (Å²) in [5.74, 6) is 0.461. The number of carbonyl (C=O) groups is 1. The van der Waals surface area contributed by atoms with Crippen LogP contribution in [0.4, 0.5) is 11.4 Å². The van der Waals surface area contributed by atoms with E-state index in [1.165, 1.54) is 20.0 Å². The van der Waals surface area contributed by atoms with Crippen LogP contribution in [-0.4, -0.2) is 26.2 Å². The Morgan fingerprint density at radius 2 is 2.22 bits per heavy atom. The van der Waals surface area contributed by atoms with E-state index in [-0.39, 0.29) is 5.97 Å². The Balaban J connectivity index is 2.18. The van der Waals surface area contributed by atoms with Crippen molar-refractivity contribution in [1.82, 2.24) is 0 Å². The van der Waals surface area contributed by atoms with Crippen molar-refractivity contribution < 1.29 is 9.53 Å². The first-order chi connectivity index (χ1) is 8.65. The molecule has 4 nitrogen and oxygen atoms in total. The van der Waals surface area contributed by atoms with Gasteiger partial charge in [0.25, 0.3) is 0 Å². The van der Waals surface area contributed by atoms with Gasteiger partial charge in [-0.15, -0.1) is 0 Å². The fraction of sp³-hybridized carbons (Fsp3) is 0.500. The highest BCUT2D eigenvalue weighted by Gasteiger charge is 2.24. The molecule has 4 heteroatoms. The van der Waals surface area contributed by atoms with Crippen molar-refractivity contribution in [1.29, 1.82) is 0 Å². The first-order valence-electron chi connectivity index (χ1n) is 6.38. The van der Waals surface area contributed by atoms with Gasteiger partial charge in [0.2, 0.25) is 0 Å². The molecule has 0 heterocycles. The quantitative estimate of drug-likeness (QED) is 0.641. The van der Waals surface area contributed by atoms with Gasteiger partial charge in [0.1, 0.15) is 0 Å². The molecule has 1 aliphatic rings. The number of nitrogens with two attached hydrogens (primary N) is 1. The van der Waals surface area contributed by atoms with Crippen molar-refractivity contribution in [2.45, 2.75) is 19.8 Å². The zero-order valence-corrected chi connectivity index (χ0v) is 11.0. The van der Waals surface area contributed by atoms with Crippen LogP contribution in [0.15, 0.2) is 18.2 Å². The Hall–Kier alpha value is -1.71. The van der Waals surface area contributed by atoms with Crippen LogP contribution in [0, 0.1) is 5.92 Å². The first-order valence-corrected chi connectivity index (χ1v) is 6.38. The summed E-state index contributed by atoms with van der Waals surface area (Å²) in [6, 6.07) is 5.37. The molecule has 0 saturated heterocycles. The molecule has 1 fully saturated rings. The lowest BCUT2D eigenvalue weighted by Crippen LogP contribution is -2.26. The summed E-state index contributed by atoms with van der Waals surface area (Å²) < 4.78 is 4.68. The van der Waals surface area contributed by atoms with Crippen LogP contribution in [0.2, 0.25) is 0 Å². The maximum absolute atomic E-state index is 11.4. The van der Waals surface area contributed by atoms with Crippen LogP contribution in [0.25, 0.3) is 0 Å². The molecular weight excluding hydrogens is 228 g/mol. The molecule has 2 rings (SSSR count). The van der Waals surface area contributed by atoms with E-state index < -0.39 is 0 Å². The zero-order chi connectivity index (χ0) is 13.1. The van der Waals surface area contributed by atoms with E-state index in [4.69, 9.17) is 5.73 Å². The van der Waals surface area contributed by atoms with Crippen molar-refractivity contribution >= 4 is 17.3 Å². The summed E-state index contributed by atoms with van der Waals surface area (Å²) in [7, 11) is 1.37. The third-order valence-corrected chi connectivity index (χ3v) is 3.35. The van der Waals surface area contributed by atoms with Gasteiger partial charge >= 0.3 is 5.97 Å². The Bertz CT molecular complexity index is 441. The Labute approximate surface area is 108 Å². The predicted molar refractivity (Wildman–Crippen MR) is 72.8 cm³/mol. The number of nitrogen functional groups attached to an aromatic ring is 1. The molecule has 0 bridgehead atoms. The molecule has 0 atom stereocenters. The standard InChI is InChI=1S/C14H20N2O2/c1-3-16(9-10-4-5-10)13-7-6-11(8-12(13)15)14(17)18-2/h6-8,10H,3-5,9,15H2,1-2H3. The molecule has 1 saturated carbocycles. The molecule has 0 unspecified atom stereocenters. The summed E-state index contributed by atoms with van der Waals surface area (Å²) in [6.45, 7) is 4.10. The lowest BCUT2D eigenvalue weighted by molar-refractivity contribution is 0.0601. The van der Waals surface area contributed by atoms with Crippen LogP contribution in [0.5, 0.6) is 0 Å². The minimum absolute atomic E-state index is 0.349. The molecule has 18 heavy (non-hydrogen) atoms. The average Bonchev–Trinajstić information content (AvgIpc) is 3.19. The minimum atomic E-state index is -0.349. The largest absolute Gasteiger partial charge is 0.465 e. The van der Waals surface area contributed by atoms with E-state index >= 15 is 0 Å². The smallest absolute Gasteiger partial charge is 0.337 e. The molecule has 0 aliphatic heterocycles. The third kappa shape index (κ3) is 2.75. The Morgan fingerprint density at radius 3 is 2.72 bits per heavy atom. The summed E-state index contributed by atoms with van der Waals surface area (Å²) >= 11 is 0. The normalized spacial score (nSPS) is 14.3. The molecule has 0 aromatic heterocycles. The maximum atomic E-state index is 11.4. The SMILES string of the molecule is CCN(CC1CC1)c1ccc(C(=O)OC)cc1N. The van der Waals surface area contributed by atoms with Crippen molar-refractivity contribution in [2.75, 3.05) is 30.8 Å². The van der Waals surface area contributed by atoms with E-state index in [0.29, 0.717) is 11.3 Å². The second-order valence-corrected chi connectivity index (χ2v) is 4.75. The topological polar surface area (TPSA) is 55.6 Å². The second kappa shape index (κ2) is 5.29.